The Morgan fingerprint density at radius 3 is 2.68 bits per heavy atom. The highest BCUT2D eigenvalue weighted by atomic mass is 16.5. The van der Waals surface area contributed by atoms with E-state index in [2.05, 4.69) is 11.4 Å². The molecule has 0 saturated heterocycles. The summed E-state index contributed by atoms with van der Waals surface area (Å²) in [4.78, 5) is 12.1. The minimum absolute atomic E-state index is 0.0334. The molecule has 0 radical (unpaired) electrons. The molecule has 1 aliphatic carbocycles. The molecule has 0 aromatic heterocycles. The van der Waals surface area contributed by atoms with Gasteiger partial charge >= 0.3 is 0 Å². The van der Waals surface area contributed by atoms with E-state index in [1.165, 1.54) is 17.5 Å². The van der Waals surface area contributed by atoms with Crippen molar-refractivity contribution in [1.29, 1.82) is 0 Å². The second kappa shape index (κ2) is 7.92. The average molecular weight is 341 g/mol. The number of hydrogen-bond acceptors (Lipinski definition) is 4. The van der Waals surface area contributed by atoms with Crippen LogP contribution in [0.4, 0.5) is 5.69 Å². The number of rotatable bonds is 7. The first-order valence-electron chi connectivity index (χ1n) is 8.55. The van der Waals surface area contributed by atoms with Gasteiger partial charge in [0.1, 0.15) is 5.75 Å². The van der Waals surface area contributed by atoms with Gasteiger partial charge in [-0.2, -0.15) is 0 Å². The van der Waals surface area contributed by atoms with Crippen LogP contribution in [0.15, 0.2) is 36.4 Å². The monoisotopic (exact) mass is 341 g/mol. The van der Waals surface area contributed by atoms with Crippen LogP contribution >= 0.6 is 0 Å². The first kappa shape index (κ1) is 17.1. The molecule has 2 aromatic rings. The zero-order valence-corrected chi connectivity index (χ0v) is 14.6. The normalized spacial score (nSPS) is 12.4. The van der Waals surface area contributed by atoms with Crippen molar-refractivity contribution in [2.45, 2.75) is 26.2 Å². The van der Waals surface area contributed by atoms with Gasteiger partial charge in [0.25, 0.3) is 5.91 Å². The summed E-state index contributed by atoms with van der Waals surface area (Å²) in [7, 11) is 1.57. The van der Waals surface area contributed by atoms with Gasteiger partial charge in [0, 0.05) is 11.8 Å². The largest absolute Gasteiger partial charge is 0.493 e. The number of fused-ring (bicyclic) bond motifs is 1. The summed E-state index contributed by atoms with van der Waals surface area (Å²) in [5, 5.41) is 2.81. The highest BCUT2D eigenvalue weighted by molar-refractivity contribution is 5.92. The van der Waals surface area contributed by atoms with Crippen molar-refractivity contribution in [3.63, 3.8) is 0 Å². The molecule has 0 aliphatic heterocycles. The highest BCUT2D eigenvalue weighted by Gasteiger charge is 2.12. The number of anilines is 1. The maximum atomic E-state index is 12.1. The lowest BCUT2D eigenvalue weighted by atomic mass is 10.1. The number of carbonyl (C=O) groups is 1. The Morgan fingerprint density at radius 2 is 1.88 bits per heavy atom. The molecule has 3 rings (SSSR count). The fourth-order valence-electron chi connectivity index (χ4n) is 3.00. The Bertz CT molecular complexity index is 757. The Morgan fingerprint density at radius 1 is 1.04 bits per heavy atom. The van der Waals surface area contributed by atoms with Crippen LogP contribution in [0.25, 0.3) is 0 Å². The van der Waals surface area contributed by atoms with E-state index in [1.807, 2.05) is 19.1 Å². The smallest absolute Gasteiger partial charge is 0.262 e. The molecule has 1 N–H and O–H groups in total. The van der Waals surface area contributed by atoms with Crippen LogP contribution in [0.5, 0.6) is 17.2 Å². The molecule has 0 fully saturated rings. The number of amides is 1. The van der Waals surface area contributed by atoms with Gasteiger partial charge in [0.2, 0.25) is 0 Å². The Balaban J connectivity index is 1.57. The number of hydrogen-bond donors (Lipinski definition) is 1. The molecule has 5 nitrogen and oxygen atoms in total. The van der Waals surface area contributed by atoms with Crippen LogP contribution in [0.1, 0.15) is 24.5 Å². The number of carbonyl (C=O) groups excluding carboxylic acids is 1. The third-order valence-electron chi connectivity index (χ3n) is 4.19. The van der Waals surface area contributed by atoms with E-state index in [9.17, 15) is 4.79 Å². The maximum absolute atomic E-state index is 12.1. The van der Waals surface area contributed by atoms with Crippen molar-refractivity contribution in [3.05, 3.63) is 47.5 Å². The van der Waals surface area contributed by atoms with Crippen molar-refractivity contribution >= 4 is 11.6 Å². The molecule has 0 unspecified atom stereocenters. The second-order valence-corrected chi connectivity index (χ2v) is 5.92. The van der Waals surface area contributed by atoms with Gasteiger partial charge in [-0.05, 0) is 61.6 Å². The molecule has 2 aromatic carbocycles. The van der Waals surface area contributed by atoms with Crippen molar-refractivity contribution in [3.8, 4) is 17.2 Å². The third kappa shape index (κ3) is 4.24. The summed E-state index contributed by atoms with van der Waals surface area (Å²) >= 11 is 0. The fraction of sp³-hybridized carbons (Fsp3) is 0.350. The number of nitrogens with one attached hydrogen (secondary N) is 1. The zero-order valence-electron chi connectivity index (χ0n) is 14.6. The van der Waals surface area contributed by atoms with Crippen LogP contribution in [-0.4, -0.2) is 26.2 Å². The Kier molecular flexibility index (Phi) is 5.43. The van der Waals surface area contributed by atoms with E-state index in [0.29, 0.717) is 23.8 Å². The van der Waals surface area contributed by atoms with E-state index in [1.54, 1.807) is 25.3 Å². The SMILES string of the molecule is CCOc1ccc(NC(=O)COc2ccc3c(c2)CCC3)cc1OC. The number of aryl methyl sites for hydroxylation is 2. The topological polar surface area (TPSA) is 56.8 Å². The van der Waals surface area contributed by atoms with E-state index in [0.717, 1.165) is 18.6 Å². The van der Waals surface area contributed by atoms with Crippen molar-refractivity contribution in [1.82, 2.24) is 0 Å². The van der Waals surface area contributed by atoms with Crippen molar-refractivity contribution in [2.24, 2.45) is 0 Å². The van der Waals surface area contributed by atoms with Gasteiger partial charge in [0.05, 0.1) is 13.7 Å². The lowest BCUT2D eigenvalue weighted by molar-refractivity contribution is -0.118. The molecule has 0 bridgehead atoms. The van der Waals surface area contributed by atoms with E-state index in [4.69, 9.17) is 14.2 Å². The summed E-state index contributed by atoms with van der Waals surface area (Å²) in [6.45, 7) is 2.43. The van der Waals surface area contributed by atoms with Gasteiger partial charge in [-0.25, -0.2) is 0 Å². The van der Waals surface area contributed by atoms with Gasteiger partial charge in [-0.3, -0.25) is 4.79 Å². The molecule has 1 amide bonds. The minimum Gasteiger partial charge on any atom is -0.493 e. The van der Waals surface area contributed by atoms with E-state index in [-0.39, 0.29) is 12.5 Å². The molecule has 0 spiro atoms. The third-order valence-corrected chi connectivity index (χ3v) is 4.19. The second-order valence-electron chi connectivity index (χ2n) is 5.92. The summed E-state index contributed by atoms with van der Waals surface area (Å²) in [5.41, 5.74) is 3.36. The van der Waals surface area contributed by atoms with Crippen LogP contribution < -0.4 is 19.5 Å². The molecule has 0 atom stereocenters. The first-order valence-corrected chi connectivity index (χ1v) is 8.55. The molecule has 5 heteroatoms. The Hall–Kier alpha value is -2.69. The summed E-state index contributed by atoms with van der Waals surface area (Å²) in [5.74, 6) is 1.75. The summed E-state index contributed by atoms with van der Waals surface area (Å²) < 4.78 is 16.4. The van der Waals surface area contributed by atoms with Crippen LogP contribution in [-0.2, 0) is 17.6 Å². The summed E-state index contributed by atoms with van der Waals surface area (Å²) in [6.07, 6.45) is 3.42. The molecular formula is C20H23NO4. The van der Waals surface area contributed by atoms with Crippen LogP contribution in [0, 0.1) is 0 Å². The Labute approximate surface area is 147 Å². The van der Waals surface area contributed by atoms with Gasteiger partial charge < -0.3 is 19.5 Å². The fourth-order valence-corrected chi connectivity index (χ4v) is 3.00. The average Bonchev–Trinajstić information content (AvgIpc) is 3.09. The lowest BCUT2D eigenvalue weighted by Crippen LogP contribution is -2.20. The number of methoxy groups -OCH3 is 1. The molecular weight excluding hydrogens is 318 g/mol. The first-order chi connectivity index (χ1) is 12.2. The molecule has 132 valence electrons. The lowest BCUT2D eigenvalue weighted by Gasteiger charge is -2.12. The quantitative estimate of drug-likeness (QED) is 0.836. The van der Waals surface area contributed by atoms with E-state index < -0.39 is 0 Å². The zero-order chi connectivity index (χ0) is 17.6. The van der Waals surface area contributed by atoms with Crippen LogP contribution in [0.2, 0.25) is 0 Å². The highest BCUT2D eigenvalue weighted by Crippen LogP contribution is 2.30. The van der Waals surface area contributed by atoms with Gasteiger partial charge in [0.15, 0.2) is 18.1 Å². The minimum atomic E-state index is -0.216. The predicted octanol–water partition coefficient (Wildman–Crippen LogP) is 3.60. The predicted molar refractivity (Wildman–Crippen MR) is 96.8 cm³/mol. The van der Waals surface area contributed by atoms with Crippen LogP contribution in [0.3, 0.4) is 0 Å². The van der Waals surface area contributed by atoms with E-state index >= 15 is 0 Å². The summed E-state index contributed by atoms with van der Waals surface area (Å²) in [6, 6.07) is 11.3. The van der Waals surface area contributed by atoms with Crippen molar-refractivity contribution in [2.75, 3.05) is 25.6 Å². The molecule has 0 saturated carbocycles. The maximum Gasteiger partial charge on any atom is 0.262 e. The number of ether oxygens (including phenoxy) is 3. The number of benzene rings is 2. The standard InChI is InChI=1S/C20H23NO4/c1-3-24-18-10-8-16(12-19(18)23-2)21-20(22)13-25-17-9-7-14-5-4-6-15(14)11-17/h7-12H,3-6,13H2,1-2H3,(H,21,22). The molecule has 1 aliphatic rings. The van der Waals surface area contributed by atoms with Crippen molar-refractivity contribution < 1.29 is 19.0 Å². The molecule has 0 heterocycles. The molecule has 25 heavy (non-hydrogen) atoms. The van der Waals surface area contributed by atoms with Gasteiger partial charge in [-0.15, -0.1) is 0 Å². The van der Waals surface area contributed by atoms with Gasteiger partial charge in [-0.1, -0.05) is 6.07 Å².